The molecule has 1 unspecified atom stereocenters. The lowest BCUT2D eigenvalue weighted by Crippen LogP contribution is -2.72. The quantitative estimate of drug-likeness (QED) is 0.101. The highest BCUT2D eigenvalue weighted by atomic mass is 28.5. The molecule has 0 rings (SSSR count). The Morgan fingerprint density at radius 3 is 1.11 bits per heavy atom. The van der Waals surface area contributed by atoms with Crippen LogP contribution in [0.15, 0.2) is 12.2 Å². The van der Waals surface area contributed by atoms with Crippen LogP contribution >= 0.6 is 0 Å². The van der Waals surface area contributed by atoms with Crippen LogP contribution in [0.3, 0.4) is 0 Å². The molecule has 1 atom stereocenters. The molecule has 0 saturated heterocycles. The van der Waals surface area contributed by atoms with Gasteiger partial charge in [0.15, 0.2) is 25.0 Å². The molecule has 37 heavy (non-hydrogen) atoms. The average molecular weight is 590 g/mol. The van der Waals surface area contributed by atoms with Crippen LogP contribution < -0.4 is 5.32 Å². The van der Waals surface area contributed by atoms with Crippen LogP contribution in [0.2, 0.25) is 55.9 Å². The Hall–Kier alpha value is -0.0425. The second-order valence-electron chi connectivity index (χ2n) is 12.0. The molecule has 0 heterocycles. The first-order valence-corrected chi connectivity index (χ1v) is 25.6. The van der Waals surface area contributed by atoms with E-state index in [-0.39, 0.29) is 11.6 Å². The number of rotatable bonds is 22. The van der Waals surface area contributed by atoms with Gasteiger partial charge in [-0.15, -0.1) is 0 Å². The van der Waals surface area contributed by atoms with E-state index in [9.17, 15) is 4.79 Å². The smallest absolute Gasteiger partial charge is 0.415 e. The Morgan fingerprint density at radius 1 is 0.649 bits per heavy atom. The van der Waals surface area contributed by atoms with E-state index in [0.29, 0.717) is 5.57 Å². The summed E-state index contributed by atoms with van der Waals surface area (Å²) in [4.78, 5) is 13.1. The van der Waals surface area contributed by atoms with Gasteiger partial charge in [0.05, 0.1) is 5.67 Å². The van der Waals surface area contributed by atoms with E-state index < -0.39 is 33.8 Å². The minimum absolute atomic E-state index is 0.113. The number of carbonyl (C=O) groups is 1. The van der Waals surface area contributed by atoms with E-state index in [2.05, 4.69) is 80.0 Å². The van der Waals surface area contributed by atoms with Crippen molar-refractivity contribution in [2.45, 2.75) is 162 Å². The molecular formula is C28H63NO4Si4. The summed E-state index contributed by atoms with van der Waals surface area (Å²) in [6.07, 6.45) is 7.32. The lowest BCUT2D eigenvalue weighted by molar-refractivity contribution is -0.118. The van der Waals surface area contributed by atoms with E-state index in [1.807, 2.05) is 0 Å². The van der Waals surface area contributed by atoms with Crippen molar-refractivity contribution in [3.63, 3.8) is 0 Å². The van der Waals surface area contributed by atoms with Gasteiger partial charge in [-0.25, -0.2) is 0 Å². The molecule has 0 radical (unpaired) electrons. The van der Waals surface area contributed by atoms with Crippen LogP contribution in [-0.4, -0.2) is 45.3 Å². The second-order valence-corrected chi connectivity index (χ2v) is 28.0. The number of nitrogens with one attached hydrogen (secondary N) is 1. The highest BCUT2D eigenvalue weighted by Crippen LogP contribution is 2.38. The van der Waals surface area contributed by atoms with E-state index in [0.717, 1.165) is 81.2 Å². The average Bonchev–Trinajstić information content (AvgIpc) is 2.77. The Balaban J connectivity index is 7.24. The molecule has 1 amide bonds. The zero-order chi connectivity index (χ0) is 28.8. The van der Waals surface area contributed by atoms with Crippen molar-refractivity contribution in [2.24, 2.45) is 0 Å². The molecular weight excluding hydrogens is 527 g/mol. The highest BCUT2D eigenvalue weighted by molar-refractivity contribution is 6.92. The normalized spacial score (nSPS) is 14.0. The van der Waals surface area contributed by atoms with Crippen molar-refractivity contribution in [1.82, 2.24) is 5.32 Å². The fourth-order valence-electron chi connectivity index (χ4n) is 5.88. The number of amides is 1. The highest BCUT2D eigenvalue weighted by Gasteiger charge is 2.59. The third kappa shape index (κ3) is 12.3. The summed E-state index contributed by atoms with van der Waals surface area (Å²) in [5.41, 5.74) is 0.269. The molecule has 220 valence electrons. The lowest BCUT2D eigenvalue weighted by Gasteiger charge is -2.50. The maximum absolute atomic E-state index is 13.1. The summed E-state index contributed by atoms with van der Waals surface area (Å²) < 4.78 is 22.7. The second kappa shape index (κ2) is 17.6. The lowest BCUT2D eigenvalue weighted by atomic mass is 10.3. The fraction of sp³-hybridized carbons (Fsp3) is 0.893. The van der Waals surface area contributed by atoms with E-state index in [1.54, 1.807) is 6.92 Å². The monoisotopic (exact) mass is 589 g/mol. The summed E-state index contributed by atoms with van der Waals surface area (Å²) >= 11 is 0. The van der Waals surface area contributed by atoms with E-state index >= 15 is 0 Å². The molecule has 0 aliphatic heterocycles. The summed E-state index contributed by atoms with van der Waals surface area (Å²) in [5, 5.41) is 3.34. The van der Waals surface area contributed by atoms with Crippen molar-refractivity contribution >= 4 is 39.7 Å². The first-order chi connectivity index (χ1) is 17.3. The first-order valence-electron chi connectivity index (χ1n) is 15.3. The largest absolute Gasteiger partial charge is 0.493 e. The zero-order valence-corrected chi connectivity index (χ0v) is 30.6. The van der Waals surface area contributed by atoms with Gasteiger partial charge in [-0.1, -0.05) is 93.6 Å². The molecule has 0 aliphatic carbocycles. The molecule has 1 N–H and O–H groups in total. The van der Waals surface area contributed by atoms with Crippen LogP contribution in [0.4, 0.5) is 0 Å². The van der Waals surface area contributed by atoms with Crippen molar-refractivity contribution in [1.29, 1.82) is 0 Å². The predicted molar refractivity (Wildman–Crippen MR) is 171 cm³/mol. The summed E-state index contributed by atoms with van der Waals surface area (Å²) in [5.74, 6) is -0.113. The van der Waals surface area contributed by atoms with E-state index in [4.69, 9.17) is 12.3 Å². The Kier molecular flexibility index (Phi) is 17.6. The fourth-order valence-corrected chi connectivity index (χ4v) is 27.8. The van der Waals surface area contributed by atoms with Crippen LogP contribution in [0.5, 0.6) is 0 Å². The third-order valence-electron chi connectivity index (χ3n) is 7.37. The van der Waals surface area contributed by atoms with Crippen molar-refractivity contribution < 1.29 is 17.1 Å². The summed E-state index contributed by atoms with van der Waals surface area (Å²) in [6, 6.07) is 6.54. The number of hydrogen-bond donors (Lipinski definition) is 1. The van der Waals surface area contributed by atoms with E-state index in [1.165, 1.54) is 0 Å². The minimum atomic E-state index is -3.35. The van der Waals surface area contributed by atoms with Gasteiger partial charge in [0, 0.05) is 5.57 Å². The van der Waals surface area contributed by atoms with Gasteiger partial charge >= 0.3 is 8.80 Å². The Labute approximate surface area is 235 Å². The maximum Gasteiger partial charge on any atom is 0.493 e. The van der Waals surface area contributed by atoms with Crippen LogP contribution in [0.1, 0.15) is 100 Å². The topological polar surface area (TPSA) is 56.8 Å². The van der Waals surface area contributed by atoms with Gasteiger partial charge in [-0.2, -0.15) is 0 Å². The summed E-state index contributed by atoms with van der Waals surface area (Å²) in [6.45, 7) is 28.6. The molecule has 9 heteroatoms. The van der Waals surface area contributed by atoms with Gasteiger partial charge < -0.3 is 17.7 Å². The predicted octanol–water partition coefficient (Wildman–Crippen LogP) is 9.17. The van der Waals surface area contributed by atoms with Gasteiger partial charge in [-0.05, 0) is 69.3 Å². The third-order valence-corrected chi connectivity index (χ3v) is 27.4. The van der Waals surface area contributed by atoms with Crippen molar-refractivity contribution in [3.8, 4) is 0 Å². The standard InChI is InChI=1S/C28H63NO4Si4/c1-13-20-34(10,21-14-2)31-37(27(19-7)29-28(30)26(8)9,32-35(11,22-15-3)23-16-4)33-36(12,24-17-5)25-18-6/h27H,8,13-25H2,1-7,9-12H3,(H,29,30). The maximum atomic E-state index is 13.1. The van der Waals surface area contributed by atoms with Crippen LogP contribution in [0, 0.1) is 0 Å². The molecule has 0 aliphatic rings. The molecule has 0 aromatic rings. The molecule has 0 bridgehead atoms. The Morgan fingerprint density at radius 2 is 0.919 bits per heavy atom. The molecule has 0 aromatic carbocycles. The van der Waals surface area contributed by atoms with Gasteiger partial charge in [0.25, 0.3) is 0 Å². The molecule has 0 spiro atoms. The molecule has 5 nitrogen and oxygen atoms in total. The van der Waals surface area contributed by atoms with Gasteiger partial charge in [0.2, 0.25) is 5.91 Å². The Bertz CT molecular complexity index is 599. The molecule has 0 saturated carbocycles. The minimum Gasteiger partial charge on any atom is -0.415 e. The van der Waals surface area contributed by atoms with Gasteiger partial charge in [0.1, 0.15) is 0 Å². The van der Waals surface area contributed by atoms with Crippen LogP contribution in [0.25, 0.3) is 0 Å². The molecule has 0 fully saturated rings. The van der Waals surface area contributed by atoms with Crippen molar-refractivity contribution in [3.05, 3.63) is 12.2 Å². The van der Waals surface area contributed by atoms with Gasteiger partial charge in [-0.3, -0.25) is 4.79 Å². The zero-order valence-electron chi connectivity index (χ0n) is 26.6. The number of carbonyl (C=O) groups excluding carboxylic acids is 1. The molecule has 0 aromatic heterocycles. The number of hydrogen-bond acceptors (Lipinski definition) is 4. The van der Waals surface area contributed by atoms with Crippen LogP contribution in [-0.2, 0) is 17.1 Å². The SMILES string of the molecule is C=C(C)C(=O)NC(CC)[Si](O[Si](C)(CCC)CCC)(O[Si](C)(CCC)CCC)O[Si](C)(CCC)CCC. The summed E-state index contributed by atoms with van der Waals surface area (Å²) in [7, 11) is -9.80. The van der Waals surface area contributed by atoms with Crippen molar-refractivity contribution in [2.75, 3.05) is 0 Å². The first kappa shape index (κ1) is 37.0.